The second kappa shape index (κ2) is 14.5. The molecule has 0 radical (unpaired) electrons. The van der Waals surface area contributed by atoms with Crippen molar-refractivity contribution in [3.8, 4) is 22.3 Å². The molecular formula is C46H28F2O4. The van der Waals surface area contributed by atoms with Gasteiger partial charge in [-0.25, -0.2) is 8.78 Å². The summed E-state index contributed by atoms with van der Waals surface area (Å²) in [7, 11) is 0. The number of hydrogen-bond acceptors (Lipinski definition) is 4. The van der Waals surface area contributed by atoms with Crippen molar-refractivity contribution in [1.29, 1.82) is 0 Å². The van der Waals surface area contributed by atoms with Gasteiger partial charge in [0.1, 0.15) is 11.6 Å². The van der Waals surface area contributed by atoms with Crippen LogP contribution in [0.15, 0.2) is 170 Å². The molecule has 0 atom stereocenters. The van der Waals surface area contributed by atoms with Gasteiger partial charge < -0.3 is 0 Å². The normalized spacial score (nSPS) is 10.8. The lowest BCUT2D eigenvalue weighted by Crippen LogP contribution is -2.06. The molecule has 0 aliphatic rings. The van der Waals surface area contributed by atoms with Crippen LogP contribution in [0, 0.1) is 11.6 Å². The first kappa shape index (κ1) is 33.6. The van der Waals surface area contributed by atoms with Gasteiger partial charge in [-0.3, -0.25) is 19.2 Å². The van der Waals surface area contributed by atoms with Gasteiger partial charge in [-0.2, -0.15) is 0 Å². The van der Waals surface area contributed by atoms with E-state index in [1.54, 1.807) is 72.8 Å². The predicted molar refractivity (Wildman–Crippen MR) is 197 cm³/mol. The van der Waals surface area contributed by atoms with Gasteiger partial charge in [-0.1, -0.05) is 115 Å². The average molecular weight is 683 g/mol. The molecule has 250 valence electrons. The van der Waals surface area contributed by atoms with Crippen molar-refractivity contribution in [2.45, 2.75) is 0 Å². The summed E-state index contributed by atoms with van der Waals surface area (Å²) in [4.78, 5) is 52.4. The summed E-state index contributed by atoms with van der Waals surface area (Å²) in [5, 5.41) is 0. The highest BCUT2D eigenvalue weighted by Crippen LogP contribution is 2.25. The standard InChI is InChI=1S/C46H28F2O4/c47-41-24-20-37(21-25-41)43(49)33-12-4-29(5-13-33)31-8-16-35(17-9-31)45(51)39-2-1-3-40(28-39)46(52)36-18-10-32(11-19-36)30-6-14-34(15-7-30)44(50)38-22-26-42(48)27-23-38/h1-28H. The van der Waals surface area contributed by atoms with E-state index in [0.717, 1.165) is 22.3 Å². The van der Waals surface area contributed by atoms with Crippen LogP contribution in [0.25, 0.3) is 22.3 Å². The SMILES string of the molecule is O=C(c1ccc(F)cc1)c1ccc(-c2ccc(C(=O)c3cccc(C(=O)c4ccc(-c5ccc(C(=O)c6ccc(F)cc6)cc5)cc4)c3)cc2)cc1. The van der Waals surface area contributed by atoms with E-state index in [4.69, 9.17) is 0 Å². The monoisotopic (exact) mass is 682 g/mol. The molecule has 4 nitrogen and oxygen atoms in total. The van der Waals surface area contributed by atoms with Crippen LogP contribution < -0.4 is 0 Å². The smallest absolute Gasteiger partial charge is 0.193 e. The summed E-state index contributed by atoms with van der Waals surface area (Å²) in [5.74, 6) is -1.66. The van der Waals surface area contributed by atoms with E-state index in [0.29, 0.717) is 44.5 Å². The van der Waals surface area contributed by atoms with Crippen LogP contribution in [0.5, 0.6) is 0 Å². The summed E-state index contributed by atoms with van der Waals surface area (Å²) in [5.41, 5.74) is 6.91. The highest BCUT2D eigenvalue weighted by molar-refractivity contribution is 6.13. The third kappa shape index (κ3) is 7.18. The maximum atomic E-state index is 13.4. The van der Waals surface area contributed by atoms with Gasteiger partial charge in [-0.05, 0) is 76.9 Å². The highest BCUT2D eigenvalue weighted by Gasteiger charge is 2.16. The van der Waals surface area contributed by atoms with Crippen LogP contribution in [0.3, 0.4) is 0 Å². The van der Waals surface area contributed by atoms with Crippen LogP contribution in [0.2, 0.25) is 0 Å². The van der Waals surface area contributed by atoms with Crippen LogP contribution in [-0.2, 0) is 0 Å². The van der Waals surface area contributed by atoms with Gasteiger partial charge in [-0.15, -0.1) is 0 Å². The summed E-state index contributed by atoms with van der Waals surface area (Å²) in [6.07, 6.45) is 0. The van der Waals surface area contributed by atoms with Crippen LogP contribution >= 0.6 is 0 Å². The van der Waals surface area contributed by atoms with E-state index >= 15 is 0 Å². The molecule has 7 rings (SSSR count). The first-order valence-electron chi connectivity index (χ1n) is 16.4. The molecule has 0 spiro atoms. The van der Waals surface area contributed by atoms with Crippen molar-refractivity contribution < 1.29 is 28.0 Å². The second-order valence-electron chi connectivity index (χ2n) is 12.2. The Bertz CT molecular complexity index is 2260. The molecule has 0 amide bonds. The van der Waals surface area contributed by atoms with E-state index < -0.39 is 11.6 Å². The van der Waals surface area contributed by atoms with E-state index in [1.807, 2.05) is 48.5 Å². The fourth-order valence-electron chi connectivity index (χ4n) is 5.93. The Labute approximate surface area is 298 Å². The summed E-state index contributed by atoms with van der Waals surface area (Å²) in [6, 6.07) is 45.9. The maximum absolute atomic E-state index is 13.4. The summed E-state index contributed by atoms with van der Waals surface area (Å²) < 4.78 is 26.5. The van der Waals surface area contributed by atoms with Crippen molar-refractivity contribution in [2.75, 3.05) is 0 Å². The molecule has 7 aromatic carbocycles. The Morgan fingerprint density at radius 1 is 0.269 bits per heavy atom. The third-order valence-corrected chi connectivity index (χ3v) is 8.85. The van der Waals surface area contributed by atoms with Crippen molar-refractivity contribution in [3.63, 3.8) is 0 Å². The van der Waals surface area contributed by atoms with E-state index in [1.165, 1.54) is 48.5 Å². The van der Waals surface area contributed by atoms with Crippen molar-refractivity contribution in [1.82, 2.24) is 0 Å². The lowest BCUT2D eigenvalue weighted by molar-refractivity contribution is 0.102. The van der Waals surface area contributed by atoms with Gasteiger partial charge in [0.2, 0.25) is 0 Å². The van der Waals surface area contributed by atoms with Gasteiger partial charge in [0.25, 0.3) is 0 Å². The average Bonchev–Trinajstić information content (AvgIpc) is 3.20. The van der Waals surface area contributed by atoms with Crippen molar-refractivity contribution in [2.24, 2.45) is 0 Å². The van der Waals surface area contributed by atoms with Gasteiger partial charge in [0, 0.05) is 44.5 Å². The Hall–Kier alpha value is -6.92. The molecule has 0 N–H and O–H groups in total. The maximum Gasteiger partial charge on any atom is 0.193 e. The van der Waals surface area contributed by atoms with E-state index in [9.17, 15) is 28.0 Å². The molecule has 0 saturated carbocycles. The highest BCUT2D eigenvalue weighted by atomic mass is 19.1. The first-order chi connectivity index (χ1) is 25.2. The molecule has 0 heterocycles. The second-order valence-corrected chi connectivity index (χ2v) is 12.2. The minimum absolute atomic E-state index is 0.202. The molecule has 0 fully saturated rings. The zero-order valence-corrected chi connectivity index (χ0v) is 27.6. The Morgan fingerprint density at radius 3 is 0.731 bits per heavy atom. The molecule has 0 saturated heterocycles. The van der Waals surface area contributed by atoms with Gasteiger partial charge in [0.05, 0.1) is 0 Å². The third-order valence-electron chi connectivity index (χ3n) is 8.85. The molecule has 0 aromatic heterocycles. The zero-order valence-electron chi connectivity index (χ0n) is 27.6. The molecule has 7 aromatic rings. The molecule has 0 aliphatic heterocycles. The Kier molecular flexibility index (Phi) is 9.37. The van der Waals surface area contributed by atoms with Crippen LogP contribution in [-0.4, -0.2) is 23.1 Å². The van der Waals surface area contributed by atoms with E-state index in [-0.39, 0.29) is 23.1 Å². The van der Waals surface area contributed by atoms with Crippen molar-refractivity contribution >= 4 is 23.1 Å². The number of ketones is 4. The molecule has 0 unspecified atom stereocenters. The quantitative estimate of drug-likeness (QED) is 0.135. The lowest BCUT2D eigenvalue weighted by atomic mass is 9.95. The van der Waals surface area contributed by atoms with Gasteiger partial charge >= 0.3 is 0 Å². The molecular weight excluding hydrogens is 654 g/mol. The summed E-state index contributed by atoms with van der Waals surface area (Å²) in [6.45, 7) is 0. The zero-order chi connectivity index (χ0) is 36.2. The van der Waals surface area contributed by atoms with Crippen LogP contribution in [0.1, 0.15) is 63.7 Å². The molecule has 6 heteroatoms. The number of benzene rings is 7. The minimum Gasteiger partial charge on any atom is -0.289 e. The fourth-order valence-corrected chi connectivity index (χ4v) is 5.93. The molecule has 52 heavy (non-hydrogen) atoms. The van der Waals surface area contributed by atoms with E-state index in [2.05, 4.69) is 0 Å². The number of hydrogen-bond donors (Lipinski definition) is 0. The first-order valence-corrected chi connectivity index (χ1v) is 16.4. The van der Waals surface area contributed by atoms with Crippen LogP contribution in [0.4, 0.5) is 8.78 Å². The molecule has 0 aliphatic carbocycles. The largest absolute Gasteiger partial charge is 0.289 e. The Morgan fingerprint density at radius 2 is 0.481 bits per heavy atom. The number of carbonyl (C=O) groups is 4. The minimum atomic E-state index is -0.403. The Balaban J connectivity index is 1.01. The topological polar surface area (TPSA) is 68.3 Å². The number of halogens is 2. The molecule has 0 bridgehead atoms. The lowest BCUT2D eigenvalue weighted by Gasteiger charge is -2.08. The fraction of sp³-hybridized carbons (Fsp3) is 0. The number of rotatable bonds is 10. The number of carbonyl (C=O) groups excluding carboxylic acids is 4. The summed E-state index contributed by atoms with van der Waals surface area (Å²) >= 11 is 0. The van der Waals surface area contributed by atoms with Gasteiger partial charge in [0.15, 0.2) is 23.1 Å². The van der Waals surface area contributed by atoms with Crippen molar-refractivity contribution in [3.05, 3.63) is 226 Å². The predicted octanol–water partition coefficient (Wildman–Crippen LogP) is 10.2.